The molecule has 0 aliphatic carbocycles. The van der Waals surface area contributed by atoms with Crippen molar-refractivity contribution < 1.29 is 9.47 Å². The average molecular weight is 237 g/mol. The van der Waals surface area contributed by atoms with Crippen LogP contribution in [-0.4, -0.2) is 50.0 Å². The van der Waals surface area contributed by atoms with Gasteiger partial charge in [-0.15, -0.1) is 5.92 Å². The predicted octanol–water partition coefficient (Wildman–Crippen LogP) is 1.67. The fourth-order valence-electron chi connectivity index (χ4n) is 2.44. The standard InChI is InChI=1S/C14H23NO2/c1-2-3-8-15-9-6-13(7-10-15)17-12-14-5-4-11-16-14/h13-14H,4-12H2,1H3/t14-/m0/s1. The average Bonchev–Trinajstić information content (AvgIpc) is 2.88. The lowest BCUT2D eigenvalue weighted by Gasteiger charge is -2.31. The fraction of sp³-hybridized carbons (Fsp3) is 0.857. The minimum absolute atomic E-state index is 0.360. The zero-order chi connectivity index (χ0) is 11.9. The normalized spacial score (nSPS) is 26.8. The van der Waals surface area contributed by atoms with Crippen molar-refractivity contribution in [2.24, 2.45) is 0 Å². The molecule has 1 atom stereocenters. The molecule has 2 saturated heterocycles. The fourth-order valence-corrected chi connectivity index (χ4v) is 2.44. The Hall–Kier alpha value is -0.560. The Labute approximate surface area is 104 Å². The third-order valence-corrected chi connectivity index (χ3v) is 3.56. The summed E-state index contributed by atoms with van der Waals surface area (Å²) < 4.78 is 11.5. The largest absolute Gasteiger partial charge is 0.376 e. The molecular weight excluding hydrogens is 214 g/mol. The van der Waals surface area contributed by atoms with E-state index in [0.29, 0.717) is 12.2 Å². The van der Waals surface area contributed by atoms with Gasteiger partial charge in [0, 0.05) is 19.7 Å². The van der Waals surface area contributed by atoms with Crippen molar-refractivity contribution >= 4 is 0 Å². The molecule has 0 aromatic carbocycles. The van der Waals surface area contributed by atoms with E-state index in [1.807, 2.05) is 6.92 Å². The van der Waals surface area contributed by atoms with Gasteiger partial charge in [0.25, 0.3) is 0 Å². The van der Waals surface area contributed by atoms with Gasteiger partial charge >= 0.3 is 0 Å². The first-order valence-electron chi connectivity index (χ1n) is 6.73. The summed E-state index contributed by atoms with van der Waals surface area (Å²) in [5.41, 5.74) is 0. The maximum atomic E-state index is 5.93. The third kappa shape index (κ3) is 4.31. The number of piperidine rings is 1. The summed E-state index contributed by atoms with van der Waals surface area (Å²) in [5.74, 6) is 6.07. The highest BCUT2D eigenvalue weighted by atomic mass is 16.5. The topological polar surface area (TPSA) is 21.7 Å². The Bertz CT molecular complexity index is 268. The molecule has 3 heteroatoms. The Morgan fingerprint density at radius 3 is 2.76 bits per heavy atom. The molecule has 3 nitrogen and oxygen atoms in total. The summed E-state index contributed by atoms with van der Waals surface area (Å²) >= 11 is 0. The van der Waals surface area contributed by atoms with E-state index in [0.717, 1.165) is 45.7 Å². The molecular formula is C14H23NO2. The second-order valence-electron chi connectivity index (χ2n) is 4.87. The molecule has 0 saturated carbocycles. The third-order valence-electron chi connectivity index (χ3n) is 3.56. The summed E-state index contributed by atoms with van der Waals surface area (Å²) in [6.45, 7) is 6.75. The molecule has 0 aromatic heterocycles. The first kappa shape index (κ1) is 12.9. The van der Waals surface area contributed by atoms with Crippen molar-refractivity contribution in [2.75, 3.05) is 32.8 Å². The van der Waals surface area contributed by atoms with E-state index in [4.69, 9.17) is 9.47 Å². The van der Waals surface area contributed by atoms with Gasteiger partial charge < -0.3 is 9.47 Å². The lowest BCUT2D eigenvalue weighted by atomic mass is 10.1. The van der Waals surface area contributed by atoms with E-state index in [1.165, 1.54) is 12.8 Å². The molecule has 0 amide bonds. The van der Waals surface area contributed by atoms with Gasteiger partial charge in [-0.05, 0) is 32.6 Å². The van der Waals surface area contributed by atoms with Gasteiger partial charge in [0.1, 0.15) is 0 Å². The summed E-state index contributed by atoms with van der Waals surface area (Å²) in [5, 5.41) is 0. The van der Waals surface area contributed by atoms with Gasteiger partial charge in [0.15, 0.2) is 0 Å². The van der Waals surface area contributed by atoms with Gasteiger partial charge in [-0.1, -0.05) is 5.92 Å². The van der Waals surface area contributed by atoms with Crippen LogP contribution in [0.1, 0.15) is 32.6 Å². The maximum Gasteiger partial charge on any atom is 0.0809 e. The predicted molar refractivity (Wildman–Crippen MR) is 67.8 cm³/mol. The Morgan fingerprint density at radius 1 is 1.29 bits per heavy atom. The molecule has 2 heterocycles. The molecule has 2 aliphatic rings. The van der Waals surface area contributed by atoms with Crippen molar-refractivity contribution in [1.82, 2.24) is 4.90 Å². The van der Waals surface area contributed by atoms with Crippen LogP contribution in [-0.2, 0) is 9.47 Å². The van der Waals surface area contributed by atoms with E-state index in [2.05, 4.69) is 16.7 Å². The summed E-state index contributed by atoms with van der Waals surface area (Å²) in [6, 6.07) is 0. The van der Waals surface area contributed by atoms with Crippen LogP contribution in [0.2, 0.25) is 0 Å². The second kappa shape index (κ2) is 7.00. The highest BCUT2D eigenvalue weighted by Gasteiger charge is 2.22. The molecule has 17 heavy (non-hydrogen) atoms. The summed E-state index contributed by atoms with van der Waals surface area (Å²) in [7, 11) is 0. The zero-order valence-electron chi connectivity index (χ0n) is 10.8. The first-order valence-corrected chi connectivity index (χ1v) is 6.73. The van der Waals surface area contributed by atoms with Gasteiger partial charge in [-0.3, -0.25) is 4.90 Å². The maximum absolute atomic E-state index is 5.93. The van der Waals surface area contributed by atoms with Crippen LogP contribution < -0.4 is 0 Å². The van der Waals surface area contributed by atoms with E-state index < -0.39 is 0 Å². The molecule has 0 aromatic rings. The molecule has 0 spiro atoms. The molecule has 2 aliphatic heterocycles. The van der Waals surface area contributed by atoms with Crippen molar-refractivity contribution in [1.29, 1.82) is 0 Å². The number of hydrogen-bond donors (Lipinski definition) is 0. The van der Waals surface area contributed by atoms with Gasteiger partial charge in [-0.25, -0.2) is 0 Å². The summed E-state index contributed by atoms with van der Waals surface area (Å²) in [4.78, 5) is 2.41. The van der Waals surface area contributed by atoms with Gasteiger partial charge in [0.05, 0.1) is 25.4 Å². The monoisotopic (exact) mass is 237 g/mol. The number of hydrogen-bond acceptors (Lipinski definition) is 3. The SMILES string of the molecule is CC#CCN1CCC(OC[C@@H]2CCCO2)CC1. The number of rotatable bonds is 4. The van der Waals surface area contributed by atoms with Crippen LogP contribution in [0.3, 0.4) is 0 Å². The molecule has 96 valence electrons. The second-order valence-corrected chi connectivity index (χ2v) is 4.87. The van der Waals surface area contributed by atoms with E-state index >= 15 is 0 Å². The Morgan fingerprint density at radius 2 is 2.12 bits per heavy atom. The van der Waals surface area contributed by atoms with Crippen molar-refractivity contribution in [3.8, 4) is 11.8 Å². The smallest absolute Gasteiger partial charge is 0.0809 e. The highest BCUT2D eigenvalue weighted by molar-refractivity contribution is 4.98. The van der Waals surface area contributed by atoms with E-state index in [-0.39, 0.29) is 0 Å². The van der Waals surface area contributed by atoms with Crippen molar-refractivity contribution in [3.05, 3.63) is 0 Å². The number of nitrogens with zero attached hydrogens (tertiary/aromatic N) is 1. The van der Waals surface area contributed by atoms with E-state index in [9.17, 15) is 0 Å². The van der Waals surface area contributed by atoms with Crippen molar-refractivity contribution in [2.45, 2.75) is 44.8 Å². The van der Waals surface area contributed by atoms with Crippen LogP contribution in [0.25, 0.3) is 0 Å². The quantitative estimate of drug-likeness (QED) is 0.694. The molecule has 0 unspecified atom stereocenters. The van der Waals surface area contributed by atoms with E-state index in [1.54, 1.807) is 0 Å². The Kier molecular flexibility index (Phi) is 5.31. The van der Waals surface area contributed by atoms with Crippen LogP contribution in [0.15, 0.2) is 0 Å². The zero-order valence-corrected chi connectivity index (χ0v) is 10.8. The van der Waals surface area contributed by atoms with Crippen LogP contribution in [0.5, 0.6) is 0 Å². The van der Waals surface area contributed by atoms with Crippen LogP contribution >= 0.6 is 0 Å². The highest BCUT2D eigenvalue weighted by Crippen LogP contribution is 2.17. The Balaban J connectivity index is 1.59. The molecule has 0 bridgehead atoms. The lowest BCUT2D eigenvalue weighted by molar-refractivity contribution is -0.0407. The minimum Gasteiger partial charge on any atom is -0.376 e. The van der Waals surface area contributed by atoms with Crippen LogP contribution in [0, 0.1) is 11.8 Å². The summed E-state index contributed by atoms with van der Waals surface area (Å²) in [6.07, 6.45) is 5.44. The minimum atomic E-state index is 0.360. The number of likely N-dealkylation sites (tertiary alicyclic amines) is 1. The molecule has 2 rings (SSSR count). The lowest BCUT2D eigenvalue weighted by Crippen LogP contribution is -2.38. The van der Waals surface area contributed by atoms with Crippen LogP contribution in [0.4, 0.5) is 0 Å². The first-order chi connectivity index (χ1) is 8.38. The molecule has 2 fully saturated rings. The van der Waals surface area contributed by atoms with Gasteiger partial charge in [0.2, 0.25) is 0 Å². The molecule has 0 N–H and O–H groups in total. The molecule has 0 radical (unpaired) electrons. The van der Waals surface area contributed by atoms with Gasteiger partial charge in [-0.2, -0.15) is 0 Å². The number of ether oxygens (including phenoxy) is 2. The van der Waals surface area contributed by atoms with Crippen molar-refractivity contribution in [3.63, 3.8) is 0 Å².